The number of ether oxygens (including phenoxy) is 2. The average molecular weight is 386 g/mol. The number of hydrogen-bond acceptors (Lipinski definition) is 4. The van der Waals surface area contributed by atoms with Crippen LogP contribution in [0.4, 0.5) is 10.5 Å². The number of aromatic nitrogens is 2. The number of likely N-dealkylation sites (tertiary alicyclic amines) is 1. The van der Waals surface area contributed by atoms with Crippen LogP contribution in [0.1, 0.15) is 31.3 Å². The smallest absolute Gasteiger partial charge is 0.321 e. The first kappa shape index (κ1) is 20.2. The first-order chi connectivity index (χ1) is 13.6. The highest BCUT2D eigenvalue weighted by molar-refractivity contribution is 5.91. The van der Waals surface area contributed by atoms with Crippen molar-refractivity contribution in [1.82, 2.24) is 14.5 Å². The summed E-state index contributed by atoms with van der Waals surface area (Å²) in [6, 6.07) is 7.48. The Labute approximate surface area is 166 Å². The number of urea groups is 1. The Morgan fingerprint density at radius 1 is 1.29 bits per heavy atom. The van der Waals surface area contributed by atoms with Crippen molar-refractivity contribution >= 4 is 11.7 Å². The lowest BCUT2D eigenvalue weighted by Crippen LogP contribution is -2.41. The van der Waals surface area contributed by atoms with E-state index in [2.05, 4.69) is 21.8 Å². The molecule has 0 aliphatic carbocycles. The van der Waals surface area contributed by atoms with Crippen LogP contribution in [0.3, 0.4) is 0 Å². The van der Waals surface area contributed by atoms with E-state index in [9.17, 15) is 4.79 Å². The van der Waals surface area contributed by atoms with E-state index in [1.165, 1.54) is 0 Å². The highest BCUT2D eigenvalue weighted by Crippen LogP contribution is 2.26. The van der Waals surface area contributed by atoms with Gasteiger partial charge in [0, 0.05) is 38.6 Å². The van der Waals surface area contributed by atoms with E-state index in [1.54, 1.807) is 7.11 Å². The van der Waals surface area contributed by atoms with Gasteiger partial charge in [0.15, 0.2) is 0 Å². The van der Waals surface area contributed by atoms with E-state index in [0.717, 1.165) is 49.7 Å². The number of para-hydroxylation sites is 2. The van der Waals surface area contributed by atoms with Gasteiger partial charge in [0.1, 0.15) is 18.2 Å². The number of piperidine rings is 1. The molecule has 3 rings (SSSR count). The highest BCUT2D eigenvalue weighted by Gasteiger charge is 2.24. The van der Waals surface area contributed by atoms with Crippen molar-refractivity contribution in [1.29, 1.82) is 0 Å². The molecule has 7 heteroatoms. The van der Waals surface area contributed by atoms with Crippen LogP contribution in [-0.4, -0.2) is 47.3 Å². The Balaban J connectivity index is 1.54. The summed E-state index contributed by atoms with van der Waals surface area (Å²) < 4.78 is 13.1. The Kier molecular flexibility index (Phi) is 6.92. The molecule has 7 nitrogen and oxygen atoms in total. The number of rotatable bonds is 7. The monoisotopic (exact) mass is 386 g/mol. The third kappa shape index (κ3) is 4.84. The zero-order valence-corrected chi connectivity index (χ0v) is 17.0. The fourth-order valence-corrected chi connectivity index (χ4v) is 3.63. The van der Waals surface area contributed by atoms with Crippen molar-refractivity contribution in [2.24, 2.45) is 5.92 Å². The molecular formula is C21H30N4O3. The second-order valence-corrected chi connectivity index (χ2v) is 7.15. The maximum Gasteiger partial charge on any atom is 0.321 e. The largest absolute Gasteiger partial charge is 0.492 e. The normalized spacial score (nSPS) is 14.9. The van der Waals surface area contributed by atoms with Gasteiger partial charge < -0.3 is 24.3 Å². The molecule has 0 bridgehead atoms. The van der Waals surface area contributed by atoms with Crippen LogP contribution in [0.5, 0.6) is 5.75 Å². The molecule has 0 saturated carbocycles. The minimum atomic E-state index is -0.0653. The fourth-order valence-electron chi connectivity index (χ4n) is 3.63. The molecule has 1 fully saturated rings. The average Bonchev–Trinajstić information content (AvgIpc) is 3.04. The summed E-state index contributed by atoms with van der Waals surface area (Å²) in [7, 11) is 1.69. The minimum absolute atomic E-state index is 0.0653. The van der Waals surface area contributed by atoms with E-state index in [-0.39, 0.29) is 6.03 Å². The van der Waals surface area contributed by atoms with E-state index in [4.69, 9.17) is 9.47 Å². The quantitative estimate of drug-likeness (QED) is 0.788. The Hall–Kier alpha value is -2.54. The predicted molar refractivity (Wildman–Crippen MR) is 109 cm³/mol. The lowest BCUT2D eigenvalue weighted by atomic mass is 9.96. The molecule has 1 saturated heterocycles. The van der Waals surface area contributed by atoms with Crippen molar-refractivity contribution in [3.63, 3.8) is 0 Å². The molecule has 0 radical (unpaired) electrons. The SMILES string of the molecule is CCOc1ccccc1NC(=O)N1CCC(Cn2c(C)cnc2COC)CC1. The Bertz CT molecular complexity index is 782. The number of anilines is 1. The van der Waals surface area contributed by atoms with Gasteiger partial charge >= 0.3 is 6.03 Å². The van der Waals surface area contributed by atoms with Gasteiger partial charge in [-0.2, -0.15) is 0 Å². The molecule has 1 aromatic heterocycles. The molecule has 152 valence electrons. The number of carbonyl (C=O) groups is 1. The molecule has 0 spiro atoms. The molecule has 2 aromatic rings. The molecular weight excluding hydrogens is 356 g/mol. The number of imidazole rings is 1. The molecule has 1 aliphatic heterocycles. The number of carbonyl (C=O) groups excluding carboxylic acids is 1. The molecule has 1 N–H and O–H groups in total. The molecule has 2 amide bonds. The second kappa shape index (κ2) is 9.59. The number of hydrogen-bond donors (Lipinski definition) is 1. The van der Waals surface area contributed by atoms with Crippen LogP contribution < -0.4 is 10.1 Å². The van der Waals surface area contributed by atoms with Gasteiger partial charge in [0.2, 0.25) is 0 Å². The van der Waals surface area contributed by atoms with Gasteiger partial charge in [-0.1, -0.05) is 12.1 Å². The van der Waals surface area contributed by atoms with Crippen LogP contribution in [0.25, 0.3) is 0 Å². The van der Waals surface area contributed by atoms with Gasteiger partial charge in [0.25, 0.3) is 0 Å². The van der Waals surface area contributed by atoms with E-state index < -0.39 is 0 Å². The summed E-state index contributed by atoms with van der Waals surface area (Å²) in [5.74, 6) is 2.20. The molecule has 0 atom stereocenters. The first-order valence-corrected chi connectivity index (χ1v) is 9.90. The molecule has 28 heavy (non-hydrogen) atoms. The zero-order chi connectivity index (χ0) is 19.9. The summed E-state index contributed by atoms with van der Waals surface area (Å²) in [4.78, 5) is 19.0. The molecule has 2 heterocycles. The van der Waals surface area contributed by atoms with Gasteiger partial charge in [0.05, 0.1) is 12.3 Å². The van der Waals surface area contributed by atoms with Crippen molar-refractivity contribution in [2.45, 2.75) is 39.8 Å². The lowest BCUT2D eigenvalue weighted by molar-refractivity contribution is 0.163. The zero-order valence-electron chi connectivity index (χ0n) is 17.0. The third-order valence-corrected chi connectivity index (χ3v) is 5.18. The van der Waals surface area contributed by atoms with Crippen molar-refractivity contribution < 1.29 is 14.3 Å². The molecule has 0 unspecified atom stereocenters. The molecule has 1 aromatic carbocycles. The summed E-state index contributed by atoms with van der Waals surface area (Å²) in [6.07, 6.45) is 3.85. The standard InChI is InChI=1S/C21H30N4O3/c1-4-28-19-8-6-5-7-18(19)23-21(26)24-11-9-17(10-12-24)14-25-16(2)13-22-20(25)15-27-3/h5-8,13,17H,4,9-12,14-15H2,1-3H3,(H,23,26). The van der Waals surface area contributed by atoms with Crippen molar-refractivity contribution in [2.75, 3.05) is 32.1 Å². The topological polar surface area (TPSA) is 68.6 Å². The summed E-state index contributed by atoms with van der Waals surface area (Å²) >= 11 is 0. The van der Waals surface area contributed by atoms with Crippen molar-refractivity contribution in [3.8, 4) is 5.75 Å². The number of aryl methyl sites for hydroxylation is 1. The number of nitrogens with one attached hydrogen (secondary N) is 1. The number of methoxy groups -OCH3 is 1. The predicted octanol–water partition coefficient (Wildman–Crippen LogP) is 3.68. The second-order valence-electron chi connectivity index (χ2n) is 7.15. The van der Waals surface area contributed by atoms with Crippen molar-refractivity contribution in [3.05, 3.63) is 42.0 Å². The highest BCUT2D eigenvalue weighted by atomic mass is 16.5. The number of benzene rings is 1. The van der Waals surface area contributed by atoms with Crippen LogP contribution in [0.2, 0.25) is 0 Å². The van der Waals surface area contributed by atoms with Crippen LogP contribution in [-0.2, 0) is 17.9 Å². The fraction of sp³-hybridized carbons (Fsp3) is 0.524. The Morgan fingerprint density at radius 2 is 2.04 bits per heavy atom. The lowest BCUT2D eigenvalue weighted by Gasteiger charge is -2.32. The summed E-state index contributed by atoms with van der Waals surface area (Å²) in [6.45, 7) is 7.52. The van der Waals surface area contributed by atoms with Crippen LogP contribution in [0.15, 0.2) is 30.5 Å². The number of nitrogens with zero attached hydrogens (tertiary/aromatic N) is 3. The van der Waals surface area contributed by atoms with Gasteiger partial charge in [-0.05, 0) is 44.7 Å². The first-order valence-electron chi connectivity index (χ1n) is 9.90. The minimum Gasteiger partial charge on any atom is -0.492 e. The third-order valence-electron chi connectivity index (χ3n) is 5.18. The van der Waals surface area contributed by atoms with Gasteiger partial charge in [-0.15, -0.1) is 0 Å². The number of amides is 2. The van der Waals surface area contributed by atoms with E-state index in [0.29, 0.717) is 24.9 Å². The van der Waals surface area contributed by atoms with Crippen LogP contribution >= 0.6 is 0 Å². The Morgan fingerprint density at radius 3 is 2.75 bits per heavy atom. The van der Waals surface area contributed by atoms with E-state index in [1.807, 2.05) is 42.3 Å². The van der Waals surface area contributed by atoms with E-state index >= 15 is 0 Å². The maximum atomic E-state index is 12.7. The summed E-state index contributed by atoms with van der Waals surface area (Å²) in [5.41, 5.74) is 1.87. The molecule has 1 aliphatic rings. The maximum absolute atomic E-state index is 12.7. The van der Waals surface area contributed by atoms with Gasteiger partial charge in [-0.3, -0.25) is 0 Å². The van der Waals surface area contributed by atoms with Gasteiger partial charge in [-0.25, -0.2) is 9.78 Å². The van der Waals surface area contributed by atoms with Crippen LogP contribution in [0, 0.1) is 12.8 Å². The summed E-state index contributed by atoms with van der Waals surface area (Å²) in [5, 5.41) is 2.99.